The second-order valence-electron chi connectivity index (χ2n) is 8.25. The van der Waals surface area contributed by atoms with E-state index in [1.807, 2.05) is 79.0 Å². The molecule has 2 aromatic carbocycles. The van der Waals surface area contributed by atoms with Crippen molar-refractivity contribution in [1.29, 1.82) is 0 Å². The summed E-state index contributed by atoms with van der Waals surface area (Å²) < 4.78 is 5.70. The third-order valence-corrected chi connectivity index (χ3v) is 6.78. The first-order chi connectivity index (χ1) is 16.2. The van der Waals surface area contributed by atoms with Crippen LogP contribution < -0.4 is 15.0 Å². The van der Waals surface area contributed by atoms with Gasteiger partial charge in [0.1, 0.15) is 11.8 Å². The molecule has 0 spiro atoms. The molecule has 0 unspecified atom stereocenters. The summed E-state index contributed by atoms with van der Waals surface area (Å²) in [5, 5.41) is 5.18. The van der Waals surface area contributed by atoms with Gasteiger partial charge >= 0.3 is 0 Å². The summed E-state index contributed by atoms with van der Waals surface area (Å²) >= 11 is 1.54. The molecule has 0 bridgehead atoms. The average molecular weight is 463 g/mol. The van der Waals surface area contributed by atoms with Crippen LogP contribution in [0.15, 0.2) is 72.1 Å². The molecule has 0 saturated heterocycles. The van der Waals surface area contributed by atoms with Crippen LogP contribution >= 0.6 is 11.3 Å². The molecule has 1 fully saturated rings. The lowest BCUT2D eigenvalue weighted by Crippen LogP contribution is -2.46. The van der Waals surface area contributed by atoms with Gasteiger partial charge in [-0.1, -0.05) is 55.3 Å². The van der Waals surface area contributed by atoms with Crippen molar-refractivity contribution in [3.63, 3.8) is 0 Å². The quantitative estimate of drug-likeness (QED) is 0.455. The van der Waals surface area contributed by atoms with E-state index in [1.54, 1.807) is 16.2 Å². The summed E-state index contributed by atoms with van der Waals surface area (Å²) in [7, 11) is 0. The molecule has 0 radical (unpaired) electrons. The zero-order chi connectivity index (χ0) is 23.0. The van der Waals surface area contributed by atoms with Crippen molar-refractivity contribution in [3.05, 3.63) is 82.6 Å². The molecule has 1 heterocycles. The van der Waals surface area contributed by atoms with Crippen LogP contribution in [0.4, 0.5) is 5.69 Å². The highest BCUT2D eigenvalue weighted by molar-refractivity contribution is 7.10. The van der Waals surface area contributed by atoms with Crippen LogP contribution in [0.5, 0.6) is 5.75 Å². The molecule has 33 heavy (non-hydrogen) atoms. The first-order valence-electron chi connectivity index (χ1n) is 11.6. The Morgan fingerprint density at radius 2 is 1.85 bits per heavy atom. The van der Waals surface area contributed by atoms with Crippen LogP contribution in [-0.4, -0.2) is 24.5 Å². The van der Waals surface area contributed by atoms with E-state index in [-0.39, 0.29) is 24.3 Å². The van der Waals surface area contributed by atoms with Crippen LogP contribution in [0.25, 0.3) is 0 Å². The Labute approximate surface area is 199 Å². The lowest BCUT2D eigenvalue weighted by molar-refractivity contribution is -0.127. The van der Waals surface area contributed by atoms with Crippen LogP contribution in [0, 0.1) is 0 Å². The van der Waals surface area contributed by atoms with E-state index < -0.39 is 6.04 Å². The Bertz CT molecular complexity index is 1050. The molecule has 1 saturated carbocycles. The monoisotopic (exact) mass is 462 g/mol. The average Bonchev–Trinajstić information content (AvgIpc) is 3.52. The minimum absolute atomic E-state index is 0.124. The minimum atomic E-state index is -0.767. The molecule has 5 nitrogen and oxygen atoms in total. The number of hydrogen-bond acceptors (Lipinski definition) is 4. The van der Waals surface area contributed by atoms with E-state index in [9.17, 15) is 9.59 Å². The maximum atomic E-state index is 13.7. The van der Waals surface area contributed by atoms with Gasteiger partial charge in [-0.05, 0) is 48.9 Å². The van der Waals surface area contributed by atoms with Gasteiger partial charge in [0.2, 0.25) is 11.8 Å². The normalized spacial score (nSPS) is 14.6. The van der Waals surface area contributed by atoms with Gasteiger partial charge in [0.25, 0.3) is 0 Å². The van der Waals surface area contributed by atoms with Crippen LogP contribution in [0.3, 0.4) is 0 Å². The first kappa shape index (κ1) is 23.1. The summed E-state index contributed by atoms with van der Waals surface area (Å²) in [5.41, 5.74) is 1.44. The van der Waals surface area contributed by atoms with Gasteiger partial charge in [-0.2, -0.15) is 0 Å². The van der Waals surface area contributed by atoms with Gasteiger partial charge in [-0.25, -0.2) is 0 Å². The van der Waals surface area contributed by atoms with Crippen molar-refractivity contribution in [2.24, 2.45) is 0 Å². The zero-order valence-corrected chi connectivity index (χ0v) is 19.7. The fourth-order valence-corrected chi connectivity index (χ4v) is 5.07. The lowest BCUT2D eigenvalue weighted by Gasteiger charge is -2.32. The molecule has 1 N–H and O–H groups in total. The van der Waals surface area contributed by atoms with Crippen molar-refractivity contribution >= 4 is 28.8 Å². The highest BCUT2D eigenvalue weighted by atomic mass is 32.1. The number of benzene rings is 2. The van der Waals surface area contributed by atoms with Gasteiger partial charge in [0.05, 0.1) is 13.0 Å². The fourth-order valence-electron chi connectivity index (χ4n) is 4.38. The molecular weight excluding hydrogens is 432 g/mol. The number of anilines is 1. The van der Waals surface area contributed by atoms with E-state index in [1.165, 1.54) is 0 Å². The summed E-state index contributed by atoms with van der Waals surface area (Å²) in [6.07, 6.45) is 4.44. The molecule has 3 aromatic rings. The van der Waals surface area contributed by atoms with E-state index in [2.05, 4.69) is 5.32 Å². The summed E-state index contributed by atoms with van der Waals surface area (Å²) in [4.78, 5) is 30.1. The standard InChI is InChI=1S/C27H30N2O3S/c1-2-32-23-15-8-14-22(18-23)29(25(30)19-24-16-9-17-33-24)26(20-10-4-3-5-11-20)27(31)28-21-12-6-7-13-21/h3-5,8-11,14-18,21,26H,2,6-7,12-13,19H2,1H3,(H,28,31)/t26-/m1/s1. The SMILES string of the molecule is CCOc1cccc(N(C(=O)Cc2cccs2)[C@@H](C(=O)NC2CCCC2)c2ccccc2)c1. The lowest BCUT2D eigenvalue weighted by atomic mass is 10.0. The Kier molecular flexibility index (Phi) is 7.79. The third-order valence-electron chi connectivity index (χ3n) is 5.90. The van der Waals surface area contributed by atoms with Gasteiger partial charge < -0.3 is 10.1 Å². The molecule has 1 atom stereocenters. The highest BCUT2D eigenvalue weighted by Gasteiger charge is 2.34. The molecule has 1 aromatic heterocycles. The van der Waals surface area contributed by atoms with Crippen molar-refractivity contribution in [3.8, 4) is 5.75 Å². The van der Waals surface area contributed by atoms with Crippen LogP contribution in [0.2, 0.25) is 0 Å². The van der Waals surface area contributed by atoms with Crippen molar-refractivity contribution < 1.29 is 14.3 Å². The van der Waals surface area contributed by atoms with E-state index in [0.29, 0.717) is 18.0 Å². The number of rotatable bonds is 9. The Morgan fingerprint density at radius 1 is 1.06 bits per heavy atom. The maximum Gasteiger partial charge on any atom is 0.248 e. The molecule has 4 rings (SSSR count). The number of thiophene rings is 1. The predicted octanol–water partition coefficient (Wildman–Crippen LogP) is 5.52. The fraction of sp³-hybridized carbons (Fsp3) is 0.333. The second-order valence-corrected chi connectivity index (χ2v) is 9.29. The van der Waals surface area contributed by atoms with Gasteiger partial charge in [-0.15, -0.1) is 11.3 Å². The minimum Gasteiger partial charge on any atom is -0.494 e. The van der Waals surface area contributed by atoms with E-state index in [4.69, 9.17) is 4.74 Å². The third kappa shape index (κ3) is 5.82. The van der Waals surface area contributed by atoms with Gasteiger partial charge in [0.15, 0.2) is 0 Å². The Hall–Kier alpha value is -3.12. The molecule has 1 aliphatic carbocycles. The summed E-state index contributed by atoms with van der Waals surface area (Å²) in [6, 6.07) is 20.3. The molecule has 2 amide bonds. The second kappa shape index (κ2) is 11.1. The number of ether oxygens (including phenoxy) is 1. The van der Waals surface area contributed by atoms with Crippen LogP contribution in [0.1, 0.15) is 49.1 Å². The van der Waals surface area contributed by atoms with Crippen LogP contribution in [-0.2, 0) is 16.0 Å². The smallest absolute Gasteiger partial charge is 0.248 e. The molecule has 1 aliphatic rings. The van der Waals surface area contributed by atoms with Gasteiger partial charge in [-0.3, -0.25) is 14.5 Å². The number of nitrogens with one attached hydrogen (secondary N) is 1. The predicted molar refractivity (Wildman–Crippen MR) is 133 cm³/mol. The summed E-state index contributed by atoms with van der Waals surface area (Å²) in [5.74, 6) is 0.405. The number of carbonyl (C=O) groups is 2. The molecular formula is C27H30N2O3S. The number of hydrogen-bond donors (Lipinski definition) is 1. The highest BCUT2D eigenvalue weighted by Crippen LogP contribution is 2.32. The molecule has 172 valence electrons. The molecule has 0 aliphatic heterocycles. The Morgan fingerprint density at radius 3 is 2.55 bits per heavy atom. The summed E-state index contributed by atoms with van der Waals surface area (Å²) in [6.45, 7) is 2.45. The van der Waals surface area contributed by atoms with Gasteiger partial charge in [0, 0.05) is 22.7 Å². The van der Waals surface area contributed by atoms with Crippen molar-refractivity contribution in [2.75, 3.05) is 11.5 Å². The Balaban J connectivity index is 1.75. The number of nitrogens with zero attached hydrogens (tertiary/aromatic N) is 1. The van der Waals surface area contributed by atoms with E-state index in [0.717, 1.165) is 36.1 Å². The zero-order valence-electron chi connectivity index (χ0n) is 18.9. The number of carbonyl (C=O) groups excluding carboxylic acids is 2. The number of amides is 2. The van der Waals surface area contributed by atoms with E-state index >= 15 is 0 Å². The topological polar surface area (TPSA) is 58.6 Å². The maximum absolute atomic E-state index is 13.7. The first-order valence-corrected chi connectivity index (χ1v) is 12.5. The molecule has 6 heteroatoms. The van der Waals surface area contributed by atoms with Crippen molar-refractivity contribution in [2.45, 2.75) is 51.1 Å². The van der Waals surface area contributed by atoms with Crippen molar-refractivity contribution in [1.82, 2.24) is 5.32 Å². The largest absolute Gasteiger partial charge is 0.494 e.